The van der Waals surface area contributed by atoms with Crippen LogP contribution in [0.4, 0.5) is 13.2 Å². The van der Waals surface area contributed by atoms with Gasteiger partial charge in [-0.3, -0.25) is 0 Å². The zero-order valence-electron chi connectivity index (χ0n) is 13.6. The highest BCUT2D eigenvalue weighted by atomic mass is 32.1. The largest absolute Gasteiger partial charge is 0.486 e. The summed E-state index contributed by atoms with van der Waals surface area (Å²) in [4.78, 5) is 0. The fourth-order valence-corrected chi connectivity index (χ4v) is 3.59. The summed E-state index contributed by atoms with van der Waals surface area (Å²) in [5, 5.41) is 4.94. The van der Waals surface area contributed by atoms with Crippen molar-refractivity contribution in [1.82, 2.24) is 5.32 Å². The number of rotatable bonds is 6. The third-order valence-corrected chi connectivity index (χ3v) is 4.82. The monoisotopic (exact) mass is 365 g/mol. The zero-order valence-corrected chi connectivity index (χ0v) is 14.5. The molecule has 1 aromatic heterocycles. The molecule has 0 aliphatic carbocycles. The van der Waals surface area contributed by atoms with Crippen LogP contribution in [0.1, 0.15) is 23.7 Å². The molecule has 0 fully saturated rings. The number of thiophene rings is 1. The highest BCUT2D eigenvalue weighted by Gasteiger charge is 2.33. The highest BCUT2D eigenvalue weighted by molar-refractivity contribution is 7.17. The molecule has 0 radical (unpaired) electrons. The SMILES string of the molecule is CNCC[C@H](Oc1cc(C(F)(F)F)c2ccsc2c1)c1ccccc1. The van der Waals surface area contributed by atoms with E-state index in [9.17, 15) is 13.2 Å². The molecule has 0 spiro atoms. The first kappa shape index (κ1) is 17.8. The number of benzene rings is 2. The zero-order chi connectivity index (χ0) is 17.9. The summed E-state index contributed by atoms with van der Waals surface area (Å²) in [7, 11) is 1.83. The molecule has 25 heavy (non-hydrogen) atoms. The van der Waals surface area contributed by atoms with Crippen LogP contribution in [-0.2, 0) is 6.18 Å². The van der Waals surface area contributed by atoms with Crippen LogP contribution in [0.2, 0.25) is 0 Å². The number of halogens is 3. The molecule has 0 aliphatic rings. The molecule has 0 saturated heterocycles. The van der Waals surface area contributed by atoms with E-state index < -0.39 is 11.7 Å². The lowest BCUT2D eigenvalue weighted by molar-refractivity contribution is -0.136. The smallest absolute Gasteiger partial charge is 0.417 e. The molecule has 0 amide bonds. The van der Waals surface area contributed by atoms with Crippen LogP contribution in [0.25, 0.3) is 10.1 Å². The molecule has 0 aliphatic heterocycles. The van der Waals surface area contributed by atoms with Crippen molar-refractivity contribution in [3.8, 4) is 5.75 Å². The summed E-state index contributed by atoms with van der Waals surface area (Å²) >= 11 is 1.28. The lowest BCUT2D eigenvalue weighted by Crippen LogP contribution is -2.16. The van der Waals surface area contributed by atoms with E-state index in [1.54, 1.807) is 11.4 Å². The lowest BCUT2D eigenvalue weighted by Gasteiger charge is -2.21. The van der Waals surface area contributed by atoms with Gasteiger partial charge in [0, 0.05) is 16.5 Å². The number of hydrogen-bond acceptors (Lipinski definition) is 3. The van der Waals surface area contributed by atoms with Crippen LogP contribution in [0.3, 0.4) is 0 Å². The van der Waals surface area contributed by atoms with Crippen molar-refractivity contribution < 1.29 is 17.9 Å². The standard InChI is InChI=1S/C19H18F3NOS/c1-23-9-7-17(13-5-3-2-4-6-13)24-14-11-16(19(20,21)22)15-8-10-25-18(15)12-14/h2-6,8,10-12,17,23H,7,9H2,1H3/t17-/m0/s1. The maximum absolute atomic E-state index is 13.4. The maximum Gasteiger partial charge on any atom is 0.417 e. The Kier molecular flexibility index (Phi) is 5.30. The van der Waals surface area contributed by atoms with Gasteiger partial charge in [-0.2, -0.15) is 13.2 Å². The summed E-state index contributed by atoms with van der Waals surface area (Å²) in [6.45, 7) is 0.701. The molecule has 1 heterocycles. The molecule has 3 rings (SSSR count). The normalized spacial score (nSPS) is 13.1. The molecule has 2 aromatic carbocycles. The molecule has 3 aromatic rings. The van der Waals surface area contributed by atoms with E-state index >= 15 is 0 Å². The first-order valence-corrected chi connectivity index (χ1v) is 8.81. The van der Waals surface area contributed by atoms with Gasteiger partial charge in [-0.25, -0.2) is 0 Å². The second-order valence-electron chi connectivity index (χ2n) is 5.71. The van der Waals surface area contributed by atoms with Crippen molar-refractivity contribution in [2.45, 2.75) is 18.7 Å². The van der Waals surface area contributed by atoms with Gasteiger partial charge < -0.3 is 10.1 Å². The van der Waals surface area contributed by atoms with Crippen molar-refractivity contribution in [1.29, 1.82) is 0 Å². The minimum absolute atomic E-state index is 0.219. The van der Waals surface area contributed by atoms with Crippen LogP contribution >= 0.6 is 11.3 Å². The molecule has 0 saturated carbocycles. The summed E-state index contributed by atoms with van der Waals surface area (Å²) in [6, 6.07) is 13.8. The Morgan fingerprint density at radius 3 is 2.56 bits per heavy atom. The van der Waals surface area contributed by atoms with E-state index in [1.807, 2.05) is 37.4 Å². The maximum atomic E-state index is 13.4. The molecule has 2 nitrogen and oxygen atoms in total. The number of fused-ring (bicyclic) bond motifs is 1. The van der Waals surface area contributed by atoms with E-state index in [0.29, 0.717) is 17.7 Å². The quantitative estimate of drug-likeness (QED) is 0.609. The van der Waals surface area contributed by atoms with Crippen LogP contribution in [0.15, 0.2) is 53.9 Å². The van der Waals surface area contributed by atoms with Crippen molar-refractivity contribution in [2.24, 2.45) is 0 Å². The van der Waals surface area contributed by atoms with Crippen LogP contribution in [-0.4, -0.2) is 13.6 Å². The number of alkyl halides is 3. The third kappa shape index (κ3) is 4.14. The first-order chi connectivity index (χ1) is 12.0. The minimum atomic E-state index is -4.41. The third-order valence-electron chi connectivity index (χ3n) is 3.96. The van der Waals surface area contributed by atoms with Gasteiger partial charge in [0.15, 0.2) is 0 Å². The molecule has 6 heteroatoms. The Balaban J connectivity index is 1.96. The molecule has 1 atom stereocenters. The van der Waals surface area contributed by atoms with Gasteiger partial charge in [0.1, 0.15) is 11.9 Å². The first-order valence-electron chi connectivity index (χ1n) is 7.93. The Morgan fingerprint density at radius 1 is 1.12 bits per heavy atom. The van der Waals surface area contributed by atoms with Crippen LogP contribution in [0, 0.1) is 0 Å². The second kappa shape index (κ2) is 7.45. The van der Waals surface area contributed by atoms with Crippen molar-refractivity contribution in [3.63, 3.8) is 0 Å². The van der Waals surface area contributed by atoms with E-state index in [1.165, 1.54) is 17.4 Å². The van der Waals surface area contributed by atoms with E-state index in [4.69, 9.17) is 4.74 Å². The molecule has 0 bridgehead atoms. The van der Waals surface area contributed by atoms with Crippen molar-refractivity contribution in [2.75, 3.05) is 13.6 Å². The summed E-state index contributed by atoms with van der Waals surface area (Å²) in [6.07, 6.45) is -4.07. The predicted octanol–water partition coefficient (Wildman–Crippen LogP) is 5.65. The van der Waals surface area contributed by atoms with Crippen molar-refractivity contribution >= 4 is 21.4 Å². The van der Waals surface area contributed by atoms with Crippen LogP contribution < -0.4 is 10.1 Å². The number of ether oxygens (including phenoxy) is 1. The molecular formula is C19H18F3NOS. The Hall–Kier alpha value is -2.05. The number of hydrogen-bond donors (Lipinski definition) is 1. The summed E-state index contributed by atoms with van der Waals surface area (Å²) in [5.41, 5.74) is 0.291. The molecule has 132 valence electrons. The number of nitrogens with one attached hydrogen (secondary N) is 1. The van der Waals surface area contributed by atoms with Gasteiger partial charge in [-0.05, 0) is 42.7 Å². The van der Waals surface area contributed by atoms with Gasteiger partial charge in [-0.15, -0.1) is 11.3 Å². The fraction of sp³-hybridized carbons (Fsp3) is 0.263. The van der Waals surface area contributed by atoms with Crippen molar-refractivity contribution in [3.05, 3.63) is 65.0 Å². The van der Waals surface area contributed by atoms with Gasteiger partial charge in [0.25, 0.3) is 0 Å². The minimum Gasteiger partial charge on any atom is -0.486 e. The van der Waals surface area contributed by atoms with Gasteiger partial charge in [-0.1, -0.05) is 30.3 Å². The average Bonchev–Trinajstić information content (AvgIpc) is 3.06. The second-order valence-corrected chi connectivity index (χ2v) is 6.66. The Bertz CT molecular complexity index is 830. The lowest BCUT2D eigenvalue weighted by atomic mass is 10.1. The predicted molar refractivity (Wildman–Crippen MR) is 95.2 cm³/mol. The van der Waals surface area contributed by atoms with Crippen LogP contribution in [0.5, 0.6) is 5.75 Å². The van der Waals surface area contributed by atoms with E-state index in [2.05, 4.69) is 5.32 Å². The highest BCUT2D eigenvalue weighted by Crippen LogP contribution is 2.40. The average molecular weight is 365 g/mol. The molecular weight excluding hydrogens is 347 g/mol. The summed E-state index contributed by atoms with van der Waals surface area (Å²) in [5.74, 6) is 0.243. The Morgan fingerprint density at radius 2 is 1.88 bits per heavy atom. The molecule has 1 N–H and O–H groups in total. The fourth-order valence-electron chi connectivity index (χ4n) is 2.75. The Labute approximate surface area is 148 Å². The van der Waals surface area contributed by atoms with Gasteiger partial charge in [0.05, 0.1) is 5.56 Å². The van der Waals surface area contributed by atoms with E-state index in [0.717, 1.165) is 11.6 Å². The summed E-state index contributed by atoms with van der Waals surface area (Å²) < 4.78 is 46.7. The topological polar surface area (TPSA) is 21.3 Å². The molecule has 0 unspecified atom stereocenters. The van der Waals surface area contributed by atoms with E-state index in [-0.39, 0.29) is 17.2 Å². The van der Waals surface area contributed by atoms with Gasteiger partial charge in [0.2, 0.25) is 0 Å². The van der Waals surface area contributed by atoms with Gasteiger partial charge >= 0.3 is 6.18 Å².